The normalized spacial score (nSPS) is 18.9. The first-order chi connectivity index (χ1) is 10.2. The Kier molecular flexibility index (Phi) is 4.78. The van der Waals surface area contributed by atoms with Gasteiger partial charge in [-0.25, -0.2) is 9.18 Å². The Morgan fingerprint density at radius 1 is 1.41 bits per heavy atom. The summed E-state index contributed by atoms with van der Waals surface area (Å²) in [4.78, 5) is 13.7. The molecule has 0 saturated carbocycles. The van der Waals surface area contributed by atoms with Crippen LogP contribution in [-0.4, -0.2) is 35.8 Å². The summed E-state index contributed by atoms with van der Waals surface area (Å²) in [6.07, 6.45) is 1.02. The molecule has 0 unspecified atom stereocenters. The minimum absolute atomic E-state index is 0.217. The first-order valence-electron chi connectivity index (χ1n) is 7.44. The van der Waals surface area contributed by atoms with E-state index < -0.39 is 11.4 Å². The molecule has 1 amide bonds. The Labute approximate surface area is 130 Å². The summed E-state index contributed by atoms with van der Waals surface area (Å²) in [5.41, 5.74) is 5.64. The summed E-state index contributed by atoms with van der Waals surface area (Å²) in [6.45, 7) is 6.53. The third kappa shape index (κ3) is 4.51. The van der Waals surface area contributed by atoms with Crippen molar-refractivity contribution in [2.45, 2.75) is 45.3 Å². The van der Waals surface area contributed by atoms with Gasteiger partial charge < -0.3 is 20.1 Å². The van der Waals surface area contributed by atoms with E-state index in [1.807, 2.05) is 20.8 Å². The lowest BCUT2D eigenvalue weighted by molar-refractivity contribution is 0.00782. The van der Waals surface area contributed by atoms with Crippen molar-refractivity contribution in [2.24, 2.45) is 0 Å². The van der Waals surface area contributed by atoms with Crippen LogP contribution in [0.4, 0.5) is 14.9 Å². The highest BCUT2D eigenvalue weighted by atomic mass is 19.1. The molecule has 0 radical (unpaired) electrons. The lowest BCUT2D eigenvalue weighted by Crippen LogP contribution is -2.46. The highest BCUT2D eigenvalue weighted by molar-refractivity contribution is 5.68. The highest BCUT2D eigenvalue weighted by Gasteiger charge is 2.28. The van der Waals surface area contributed by atoms with Gasteiger partial charge in [0.15, 0.2) is 0 Å². The average molecular weight is 310 g/mol. The predicted octanol–water partition coefficient (Wildman–Crippen LogP) is 3.19. The Balaban J connectivity index is 1.98. The molecular weight excluding hydrogens is 287 g/mol. The van der Waals surface area contributed by atoms with Crippen molar-refractivity contribution in [3.05, 3.63) is 24.0 Å². The molecule has 0 bridgehead atoms. The number of carbonyl (C=O) groups is 1. The quantitative estimate of drug-likeness (QED) is 0.852. The standard InChI is InChI=1S/C16H23FN2O3/c1-16(2,3)22-15(20)19-8-4-5-12(10-19)21-14-9-11(17)6-7-13(14)18/h6-7,9,12H,4-5,8,10,18H2,1-3H3/t12-/m1/s1. The SMILES string of the molecule is CC(C)(C)OC(=O)N1CCC[C@@H](Oc2cc(F)ccc2N)C1. The van der Waals surface area contributed by atoms with Crippen molar-refractivity contribution in [3.8, 4) is 5.75 Å². The molecule has 1 fully saturated rings. The van der Waals surface area contributed by atoms with Crippen LogP contribution in [0.2, 0.25) is 0 Å². The van der Waals surface area contributed by atoms with Crippen molar-refractivity contribution in [1.29, 1.82) is 0 Å². The van der Waals surface area contributed by atoms with Crippen molar-refractivity contribution in [3.63, 3.8) is 0 Å². The topological polar surface area (TPSA) is 64.8 Å². The van der Waals surface area contributed by atoms with Gasteiger partial charge in [-0.3, -0.25) is 0 Å². The van der Waals surface area contributed by atoms with Gasteiger partial charge in [-0.15, -0.1) is 0 Å². The largest absolute Gasteiger partial charge is 0.486 e. The van der Waals surface area contributed by atoms with Crippen molar-refractivity contribution < 1.29 is 18.7 Å². The van der Waals surface area contributed by atoms with Gasteiger partial charge in [0.1, 0.15) is 23.3 Å². The number of piperidine rings is 1. The number of carbonyl (C=O) groups excluding carboxylic acids is 1. The van der Waals surface area contributed by atoms with Gasteiger partial charge in [-0.2, -0.15) is 0 Å². The third-order valence-electron chi connectivity index (χ3n) is 3.30. The number of rotatable bonds is 2. The monoisotopic (exact) mass is 310 g/mol. The van der Waals surface area contributed by atoms with E-state index in [1.54, 1.807) is 4.90 Å². The summed E-state index contributed by atoms with van der Waals surface area (Å²) in [6, 6.07) is 4.02. The van der Waals surface area contributed by atoms with Crippen LogP contribution in [0.1, 0.15) is 33.6 Å². The zero-order valence-electron chi connectivity index (χ0n) is 13.3. The van der Waals surface area contributed by atoms with Crippen LogP contribution in [-0.2, 0) is 4.74 Å². The van der Waals surface area contributed by atoms with Crippen molar-refractivity contribution >= 4 is 11.8 Å². The maximum atomic E-state index is 13.3. The molecule has 1 saturated heterocycles. The molecule has 1 aliphatic heterocycles. The molecule has 6 heteroatoms. The Morgan fingerprint density at radius 2 is 2.14 bits per heavy atom. The Hall–Kier alpha value is -1.98. The Bertz CT molecular complexity index is 543. The van der Waals surface area contributed by atoms with Crippen LogP contribution < -0.4 is 10.5 Å². The molecule has 1 atom stereocenters. The zero-order chi connectivity index (χ0) is 16.3. The van der Waals surface area contributed by atoms with Crippen LogP contribution >= 0.6 is 0 Å². The van der Waals surface area contributed by atoms with E-state index in [4.69, 9.17) is 15.2 Å². The second-order valence-corrected chi connectivity index (χ2v) is 6.49. The first-order valence-corrected chi connectivity index (χ1v) is 7.44. The zero-order valence-corrected chi connectivity index (χ0v) is 13.3. The molecule has 2 rings (SSSR count). The number of amides is 1. The average Bonchev–Trinajstić information content (AvgIpc) is 2.41. The van der Waals surface area contributed by atoms with Gasteiger partial charge in [-0.1, -0.05) is 0 Å². The molecule has 5 nitrogen and oxygen atoms in total. The number of hydrogen-bond donors (Lipinski definition) is 1. The molecule has 22 heavy (non-hydrogen) atoms. The second-order valence-electron chi connectivity index (χ2n) is 6.49. The number of hydrogen-bond acceptors (Lipinski definition) is 4. The van der Waals surface area contributed by atoms with Crippen molar-refractivity contribution in [2.75, 3.05) is 18.8 Å². The van der Waals surface area contributed by atoms with Gasteiger partial charge >= 0.3 is 6.09 Å². The summed E-state index contributed by atoms with van der Waals surface area (Å²) in [7, 11) is 0. The van der Waals surface area contributed by atoms with Crippen molar-refractivity contribution in [1.82, 2.24) is 4.90 Å². The first kappa shape index (κ1) is 16.4. The number of halogens is 1. The van der Waals surface area contributed by atoms with E-state index in [9.17, 15) is 9.18 Å². The minimum Gasteiger partial charge on any atom is -0.486 e. The maximum Gasteiger partial charge on any atom is 0.410 e. The summed E-state index contributed by atoms with van der Waals surface area (Å²) >= 11 is 0. The number of ether oxygens (including phenoxy) is 2. The Morgan fingerprint density at radius 3 is 2.82 bits per heavy atom. The van der Waals surface area contributed by atoms with Crippen LogP contribution in [0.5, 0.6) is 5.75 Å². The maximum absolute atomic E-state index is 13.3. The van der Waals surface area contributed by atoms with E-state index in [1.165, 1.54) is 18.2 Å². The molecule has 0 spiro atoms. The molecule has 1 aromatic carbocycles. The van der Waals surface area contributed by atoms with E-state index in [0.717, 1.165) is 12.8 Å². The summed E-state index contributed by atoms with van der Waals surface area (Å²) < 4.78 is 24.4. The molecule has 1 heterocycles. The number of nitrogens with zero attached hydrogens (tertiary/aromatic N) is 1. The molecule has 122 valence electrons. The smallest absolute Gasteiger partial charge is 0.410 e. The van der Waals surface area contributed by atoms with Crippen LogP contribution in [0.25, 0.3) is 0 Å². The van der Waals surface area contributed by atoms with Gasteiger partial charge in [0.2, 0.25) is 0 Å². The molecular formula is C16H23FN2O3. The van der Waals surface area contributed by atoms with Gasteiger partial charge in [0.25, 0.3) is 0 Å². The third-order valence-corrected chi connectivity index (χ3v) is 3.30. The highest BCUT2D eigenvalue weighted by Crippen LogP contribution is 2.26. The van der Waals surface area contributed by atoms with E-state index in [2.05, 4.69) is 0 Å². The lowest BCUT2D eigenvalue weighted by Gasteiger charge is -2.34. The second kappa shape index (κ2) is 6.42. The fraction of sp³-hybridized carbons (Fsp3) is 0.562. The van der Waals surface area contributed by atoms with Crippen LogP contribution in [0, 0.1) is 5.82 Å². The summed E-state index contributed by atoms with van der Waals surface area (Å²) in [5.74, 6) is -0.0833. The lowest BCUT2D eigenvalue weighted by atomic mass is 10.1. The molecule has 0 aromatic heterocycles. The fourth-order valence-electron chi connectivity index (χ4n) is 2.32. The molecule has 1 aliphatic rings. The molecule has 1 aromatic rings. The predicted molar refractivity (Wildman–Crippen MR) is 82.3 cm³/mol. The minimum atomic E-state index is -0.530. The number of nitrogens with two attached hydrogens (primary N) is 1. The van der Waals surface area contributed by atoms with Gasteiger partial charge in [0, 0.05) is 12.6 Å². The molecule has 2 N–H and O–H groups in total. The van der Waals surface area contributed by atoms with E-state index >= 15 is 0 Å². The molecule has 0 aliphatic carbocycles. The summed E-state index contributed by atoms with van der Waals surface area (Å²) in [5, 5.41) is 0. The van der Waals surface area contributed by atoms with E-state index in [0.29, 0.717) is 24.5 Å². The van der Waals surface area contributed by atoms with Crippen LogP contribution in [0.15, 0.2) is 18.2 Å². The van der Waals surface area contributed by atoms with E-state index in [-0.39, 0.29) is 12.2 Å². The van der Waals surface area contributed by atoms with Gasteiger partial charge in [0.05, 0.1) is 12.2 Å². The fourth-order valence-corrected chi connectivity index (χ4v) is 2.32. The van der Waals surface area contributed by atoms with Crippen LogP contribution in [0.3, 0.4) is 0 Å². The van der Waals surface area contributed by atoms with Gasteiger partial charge in [-0.05, 0) is 45.7 Å². The number of anilines is 1. The number of likely N-dealkylation sites (tertiary alicyclic amines) is 1. The number of benzene rings is 1. The number of nitrogen functional groups attached to an aromatic ring is 1.